The molecule has 0 saturated heterocycles. The van der Waals surface area contributed by atoms with Crippen molar-refractivity contribution >= 4 is 40.9 Å². The summed E-state index contributed by atoms with van der Waals surface area (Å²) < 4.78 is 4.66. The maximum atomic E-state index is 12.0. The first-order chi connectivity index (χ1) is 11.5. The molecule has 0 aliphatic heterocycles. The lowest BCUT2D eigenvalue weighted by Gasteiger charge is -2.08. The van der Waals surface area contributed by atoms with Gasteiger partial charge in [-0.25, -0.2) is 4.79 Å². The van der Waals surface area contributed by atoms with Crippen LogP contribution in [0.3, 0.4) is 0 Å². The highest BCUT2D eigenvalue weighted by molar-refractivity contribution is 7.99. The molecule has 0 unspecified atom stereocenters. The van der Waals surface area contributed by atoms with Crippen molar-refractivity contribution in [1.29, 1.82) is 0 Å². The Morgan fingerprint density at radius 1 is 1.17 bits per heavy atom. The molecule has 0 bridgehead atoms. The molecule has 6 heteroatoms. The standard InChI is InChI=1S/C18H18ClNO3S/c1-12-3-5-13(6-4-12)10-24-11-17(21)20-14-7-8-16(19)15(9-14)18(22)23-2/h3-9H,10-11H2,1-2H3,(H,20,21). The lowest BCUT2D eigenvalue weighted by molar-refractivity contribution is -0.113. The zero-order chi connectivity index (χ0) is 17.5. The van der Waals surface area contributed by atoms with E-state index in [2.05, 4.69) is 34.3 Å². The van der Waals surface area contributed by atoms with Crippen molar-refractivity contribution in [1.82, 2.24) is 0 Å². The Kier molecular flexibility index (Phi) is 6.70. The van der Waals surface area contributed by atoms with E-state index in [-0.39, 0.29) is 16.5 Å². The summed E-state index contributed by atoms with van der Waals surface area (Å²) in [5.74, 6) is 0.418. The Labute approximate surface area is 150 Å². The third kappa shape index (κ3) is 5.28. The lowest BCUT2D eigenvalue weighted by Crippen LogP contribution is -2.15. The first kappa shape index (κ1) is 18.4. The quantitative estimate of drug-likeness (QED) is 0.777. The molecule has 0 atom stereocenters. The third-order valence-electron chi connectivity index (χ3n) is 3.28. The van der Waals surface area contributed by atoms with Gasteiger partial charge in [0.05, 0.1) is 23.4 Å². The van der Waals surface area contributed by atoms with Gasteiger partial charge in [0, 0.05) is 11.4 Å². The summed E-state index contributed by atoms with van der Waals surface area (Å²) >= 11 is 7.48. The van der Waals surface area contributed by atoms with Gasteiger partial charge in [-0.2, -0.15) is 0 Å². The number of hydrogen-bond donors (Lipinski definition) is 1. The number of carbonyl (C=O) groups is 2. The van der Waals surface area contributed by atoms with E-state index in [9.17, 15) is 9.59 Å². The fourth-order valence-corrected chi connectivity index (χ4v) is 2.99. The number of esters is 1. The molecule has 4 nitrogen and oxygen atoms in total. The van der Waals surface area contributed by atoms with Crippen LogP contribution < -0.4 is 5.32 Å². The van der Waals surface area contributed by atoms with Gasteiger partial charge in [0.1, 0.15) is 0 Å². The number of nitrogens with one attached hydrogen (secondary N) is 1. The first-order valence-electron chi connectivity index (χ1n) is 7.30. The highest BCUT2D eigenvalue weighted by atomic mass is 35.5. The van der Waals surface area contributed by atoms with Gasteiger partial charge in [0.15, 0.2) is 0 Å². The van der Waals surface area contributed by atoms with Crippen LogP contribution in [0.2, 0.25) is 5.02 Å². The molecule has 0 aromatic heterocycles. The molecule has 1 amide bonds. The summed E-state index contributed by atoms with van der Waals surface area (Å²) in [6.45, 7) is 2.04. The predicted octanol–water partition coefficient (Wildman–Crippen LogP) is 4.31. The monoisotopic (exact) mass is 363 g/mol. The van der Waals surface area contributed by atoms with E-state index < -0.39 is 5.97 Å². The Morgan fingerprint density at radius 3 is 2.54 bits per heavy atom. The molecule has 0 aliphatic carbocycles. The highest BCUT2D eigenvalue weighted by Crippen LogP contribution is 2.22. The third-order valence-corrected chi connectivity index (χ3v) is 4.61. The number of amides is 1. The molecule has 2 aromatic carbocycles. The number of ether oxygens (including phenoxy) is 1. The number of methoxy groups -OCH3 is 1. The van der Waals surface area contributed by atoms with E-state index in [4.69, 9.17) is 11.6 Å². The second kappa shape index (κ2) is 8.76. The summed E-state index contributed by atoms with van der Waals surface area (Å²) in [7, 11) is 1.28. The molecule has 0 heterocycles. The first-order valence-corrected chi connectivity index (χ1v) is 8.84. The van der Waals surface area contributed by atoms with Gasteiger partial charge < -0.3 is 10.1 Å². The SMILES string of the molecule is COC(=O)c1cc(NC(=O)CSCc2ccc(C)cc2)ccc1Cl. The Bertz CT molecular complexity index is 732. The zero-order valence-corrected chi connectivity index (χ0v) is 15.0. The van der Waals surface area contributed by atoms with Crippen molar-refractivity contribution in [2.75, 3.05) is 18.2 Å². The lowest BCUT2D eigenvalue weighted by atomic mass is 10.2. The van der Waals surface area contributed by atoms with Crippen LogP contribution in [0, 0.1) is 6.92 Å². The van der Waals surface area contributed by atoms with Crippen LogP contribution in [-0.4, -0.2) is 24.7 Å². The van der Waals surface area contributed by atoms with Crippen molar-refractivity contribution in [3.63, 3.8) is 0 Å². The summed E-state index contributed by atoms with van der Waals surface area (Å²) in [5, 5.41) is 3.04. The average Bonchev–Trinajstić information content (AvgIpc) is 2.57. The Morgan fingerprint density at radius 2 is 1.88 bits per heavy atom. The van der Waals surface area contributed by atoms with Crippen molar-refractivity contribution in [3.8, 4) is 0 Å². The van der Waals surface area contributed by atoms with Gasteiger partial charge in [0.25, 0.3) is 0 Å². The molecule has 0 aliphatic rings. The number of benzene rings is 2. The molecular weight excluding hydrogens is 346 g/mol. The average molecular weight is 364 g/mol. The number of anilines is 1. The molecule has 0 radical (unpaired) electrons. The Balaban J connectivity index is 1.88. The smallest absolute Gasteiger partial charge is 0.339 e. The summed E-state index contributed by atoms with van der Waals surface area (Å²) in [5.41, 5.74) is 3.13. The molecule has 126 valence electrons. The van der Waals surface area contributed by atoms with Crippen LogP contribution >= 0.6 is 23.4 Å². The number of thioether (sulfide) groups is 1. The molecule has 0 saturated carbocycles. The second-order valence-corrected chi connectivity index (χ2v) is 6.61. The van der Waals surface area contributed by atoms with Crippen molar-refractivity contribution in [3.05, 3.63) is 64.2 Å². The Hall–Kier alpha value is -1.98. The van der Waals surface area contributed by atoms with Crippen LogP contribution in [-0.2, 0) is 15.3 Å². The maximum Gasteiger partial charge on any atom is 0.339 e. The number of aryl methyl sites for hydroxylation is 1. The molecule has 2 rings (SSSR count). The largest absolute Gasteiger partial charge is 0.465 e. The van der Waals surface area contributed by atoms with E-state index in [1.54, 1.807) is 12.1 Å². The number of hydrogen-bond acceptors (Lipinski definition) is 4. The van der Waals surface area contributed by atoms with E-state index in [0.717, 1.165) is 5.75 Å². The van der Waals surface area contributed by atoms with Gasteiger partial charge in [-0.3, -0.25) is 4.79 Å². The number of carbonyl (C=O) groups excluding carboxylic acids is 2. The molecule has 0 fully saturated rings. The van der Waals surface area contributed by atoms with Crippen LogP contribution in [0.5, 0.6) is 0 Å². The minimum absolute atomic E-state index is 0.134. The fourth-order valence-electron chi connectivity index (χ4n) is 2.01. The zero-order valence-electron chi connectivity index (χ0n) is 13.5. The van der Waals surface area contributed by atoms with Gasteiger partial charge >= 0.3 is 5.97 Å². The van der Waals surface area contributed by atoms with Gasteiger partial charge in [-0.05, 0) is 30.7 Å². The summed E-state index contributed by atoms with van der Waals surface area (Å²) in [6, 6.07) is 12.9. The van der Waals surface area contributed by atoms with Crippen molar-refractivity contribution < 1.29 is 14.3 Å². The van der Waals surface area contributed by atoms with Crippen LogP contribution in [0.4, 0.5) is 5.69 Å². The molecule has 2 aromatic rings. The van der Waals surface area contributed by atoms with E-state index in [1.165, 1.54) is 36.1 Å². The van der Waals surface area contributed by atoms with Gasteiger partial charge in [-0.15, -0.1) is 11.8 Å². The van der Waals surface area contributed by atoms with Crippen LogP contribution in [0.1, 0.15) is 21.5 Å². The number of halogens is 1. The molecular formula is C18H18ClNO3S. The minimum atomic E-state index is -0.537. The summed E-state index contributed by atoms with van der Waals surface area (Å²) in [4.78, 5) is 23.6. The minimum Gasteiger partial charge on any atom is -0.465 e. The second-order valence-electron chi connectivity index (χ2n) is 5.21. The molecule has 24 heavy (non-hydrogen) atoms. The molecule has 1 N–H and O–H groups in total. The number of rotatable bonds is 6. The highest BCUT2D eigenvalue weighted by Gasteiger charge is 2.12. The topological polar surface area (TPSA) is 55.4 Å². The normalized spacial score (nSPS) is 10.3. The van der Waals surface area contributed by atoms with Crippen molar-refractivity contribution in [2.45, 2.75) is 12.7 Å². The van der Waals surface area contributed by atoms with Crippen LogP contribution in [0.25, 0.3) is 0 Å². The maximum absolute atomic E-state index is 12.0. The molecule has 0 spiro atoms. The van der Waals surface area contributed by atoms with E-state index in [1.807, 2.05) is 6.92 Å². The van der Waals surface area contributed by atoms with Gasteiger partial charge in [-0.1, -0.05) is 41.4 Å². The predicted molar refractivity (Wildman–Crippen MR) is 98.8 cm³/mol. The van der Waals surface area contributed by atoms with Gasteiger partial charge in [0.2, 0.25) is 5.91 Å². The van der Waals surface area contributed by atoms with E-state index in [0.29, 0.717) is 11.4 Å². The van der Waals surface area contributed by atoms with Crippen molar-refractivity contribution in [2.24, 2.45) is 0 Å². The van der Waals surface area contributed by atoms with E-state index >= 15 is 0 Å². The summed E-state index contributed by atoms with van der Waals surface area (Å²) in [6.07, 6.45) is 0. The van der Waals surface area contributed by atoms with Crippen LogP contribution in [0.15, 0.2) is 42.5 Å². The fraction of sp³-hybridized carbons (Fsp3) is 0.222.